The number of rotatable bonds is 11. The Morgan fingerprint density at radius 2 is 1.70 bits per heavy atom. The lowest BCUT2D eigenvalue weighted by Gasteiger charge is -2.33. The zero-order valence-corrected chi connectivity index (χ0v) is 24.2. The summed E-state index contributed by atoms with van der Waals surface area (Å²) in [4.78, 5) is 15.1. The Balaban J connectivity index is 1.10. The van der Waals surface area contributed by atoms with Gasteiger partial charge in [-0.3, -0.25) is 4.79 Å². The number of hydrogen-bond acceptors (Lipinski definition) is 3. The van der Waals surface area contributed by atoms with E-state index in [0.717, 1.165) is 62.5 Å². The fourth-order valence-corrected chi connectivity index (χ4v) is 5.91. The summed E-state index contributed by atoms with van der Waals surface area (Å²) < 4.78 is 47.6. The Kier molecular flexibility index (Phi) is 9.82. The number of nitrogens with one attached hydrogen (secondary N) is 1. The maximum Gasteiger partial charge on any atom is 0.417 e. The molecule has 0 spiro atoms. The smallest absolute Gasteiger partial charge is 0.417 e. The molecule has 1 amide bonds. The number of nitrogens with zero attached hydrogens (tertiary/aromatic N) is 1. The lowest BCUT2D eigenvalue weighted by molar-refractivity contribution is -0.137. The topological polar surface area (TPSA) is 41.6 Å². The number of amides is 1. The first-order chi connectivity index (χ1) is 20.8. The van der Waals surface area contributed by atoms with Crippen LogP contribution in [0.1, 0.15) is 53.1 Å². The van der Waals surface area contributed by atoms with Crippen LogP contribution in [0.15, 0.2) is 97.6 Å². The number of hydrogen-bond donors (Lipinski definition) is 1. The van der Waals surface area contributed by atoms with E-state index < -0.39 is 17.6 Å². The molecule has 0 bridgehead atoms. The van der Waals surface area contributed by atoms with Crippen LogP contribution in [0, 0.1) is 0 Å². The summed E-state index contributed by atoms with van der Waals surface area (Å²) in [5.74, 6) is 0.898. The van der Waals surface area contributed by atoms with Crippen LogP contribution >= 0.6 is 0 Å². The Morgan fingerprint density at radius 1 is 0.953 bits per heavy atom. The van der Waals surface area contributed by atoms with Crippen LogP contribution in [0.5, 0.6) is 5.75 Å². The number of halogens is 3. The minimum absolute atomic E-state index is 0.0132. The summed E-state index contributed by atoms with van der Waals surface area (Å²) in [6.45, 7) is 7.58. The van der Waals surface area contributed by atoms with Gasteiger partial charge in [-0.2, -0.15) is 13.2 Å². The molecule has 1 N–H and O–H groups in total. The van der Waals surface area contributed by atoms with E-state index in [1.54, 1.807) is 36.4 Å². The zero-order chi connectivity index (χ0) is 30.2. The molecule has 0 atom stereocenters. The number of unbranched alkanes of at least 4 members (excludes halogenated alkanes) is 1. The van der Waals surface area contributed by atoms with Gasteiger partial charge in [0.1, 0.15) is 12.4 Å². The third-order valence-electron chi connectivity index (χ3n) is 8.14. The SMILES string of the molecule is C=CCOc1c(C2CCN(CCCCNC(=O)c3ccc(-c4ccccc4)c(C(F)(F)F)c3)CC2)ccc2ccccc12. The van der Waals surface area contributed by atoms with Crippen molar-refractivity contribution in [3.05, 3.63) is 114 Å². The number of ether oxygens (including phenoxy) is 1. The van der Waals surface area contributed by atoms with E-state index in [1.165, 1.54) is 23.1 Å². The van der Waals surface area contributed by atoms with Crippen LogP contribution in [0.3, 0.4) is 0 Å². The van der Waals surface area contributed by atoms with Crippen LogP contribution in [0.25, 0.3) is 21.9 Å². The van der Waals surface area contributed by atoms with Gasteiger partial charge in [-0.15, -0.1) is 0 Å². The van der Waals surface area contributed by atoms with Gasteiger partial charge in [-0.05, 0) is 85.4 Å². The van der Waals surface area contributed by atoms with Gasteiger partial charge in [0, 0.05) is 17.5 Å². The second-order valence-corrected chi connectivity index (χ2v) is 11.0. The Morgan fingerprint density at radius 3 is 2.44 bits per heavy atom. The first kappa shape index (κ1) is 30.4. The number of benzene rings is 4. The number of piperidine rings is 1. The number of carbonyl (C=O) groups is 1. The van der Waals surface area contributed by atoms with E-state index in [4.69, 9.17) is 4.74 Å². The van der Waals surface area contributed by atoms with Crippen molar-refractivity contribution >= 4 is 16.7 Å². The highest BCUT2D eigenvalue weighted by atomic mass is 19.4. The third-order valence-corrected chi connectivity index (χ3v) is 8.14. The fourth-order valence-electron chi connectivity index (χ4n) is 5.91. The van der Waals surface area contributed by atoms with Crippen molar-refractivity contribution < 1.29 is 22.7 Å². The largest absolute Gasteiger partial charge is 0.489 e. The van der Waals surface area contributed by atoms with Crippen LogP contribution in [0.4, 0.5) is 13.2 Å². The van der Waals surface area contributed by atoms with E-state index in [9.17, 15) is 18.0 Å². The standard InChI is InChI=1S/C36H37F3N2O2/c1-2-24-43-34-31-13-7-6-12-27(31)14-17-32(34)28-18-22-41(23-19-28)21-9-8-20-40-35(42)29-15-16-30(26-10-4-3-5-11-26)33(25-29)36(37,38)39/h2-7,10-17,25,28H,1,8-9,18-24H2,(H,40,42). The molecule has 4 aromatic carbocycles. The monoisotopic (exact) mass is 586 g/mol. The van der Waals surface area contributed by atoms with Crippen molar-refractivity contribution in [2.45, 2.75) is 37.8 Å². The summed E-state index contributed by atoms with van der Waals surface area (Å²) in [6, 6.07) is 24.9. The minimum Gasteiger partial charge on any atom is -0.489 e. The Bertz CT molecular complexity index is 1540. The quantitative estimate of drug-likeness (QED) is 0.142. The van der Waals surface area contributed by atoms with Gasteiger partial charge in [-0.1, -0.05) is 85.5 Å². The van der Waals surface area contributed by atoms with E-state index in [-0.39, 0.29) is 11.1 Å². The molecule has 1 heterocycles. The van der Waals surface area contributed by atoms with Crippen molar-refractivity contribution in [3.8, 4) is 16.9 Å². The van der Waals surface area contributed by atoms with E-state index in [2.05, 4.69) is 41.1 Å². The second-order valence-electron chi connectivity index (χ2n) is 11.0. The van der Waals surface area contributed by atoms with Gasteiger partial charge < -0.3 is 15.0 Å². The van der Waals surface area contributed by atoms with E-state index >= 15 is 0 Å². The molecule has 0 aliphatic carbocycles. The Labute approximate surface area is 251 Å². The van der Waals surface area contributed by atoms with Crippen LogP contribution < -0.4 is 10.1 Å². The van der Waals surface area contributed by atoms with Gasteiger partial charge in [0.05, 0.1) is 5.56 Å². The molecule has 1 aliphatic heterocycles. The summed E-state index contributed by atoms with van der Waals surface area (Å²) in [5.41, 5.74) is 0.990. The van der Waals surface area contributed by atoms with Crippen molar-refractivity contribution in [1.29, 1.82) is 0 Å². The first-order valence-corrected chi connectivity index (χ1v) is 14.9. The summed E-state index contributed by atoms with van der Waals surface area (Å²) in [6.07, 6.45) is 0.945. The van der Waals surface area contributed by atoms with Crippen LogP contribution in [-0.4, -0.2) is 43.6 Å². The average Bonchev–Trinajstić information content (AvgIpc) is 3.03. The maximum atomic E-state index is 13.8. The normalized spacial score (nSPS) is 14.5. The molecule has 0 radical (unpaired) electrons. The molecule has 0 unspecified atom stereocenters. The third kappa shape index (κ3) is 7.46. The molecule has 1 saturated heterocycles. The van der Waals surface area contributed by atoms with E-state index in [1.807, 2.05) is 12.1 Å². The molecule has 4 nitrogen and oxygen atoms in total. The molecule has 43 heavy (non-hydrogen) atoms. The molecule has 5 rings (SSSR count). The average molecular weight is 587 g/mol. The Hall–Kier alpha value is -4.10. The van der Waals surface area contributed by atoms with Crippen LogP contribution in [-0.2, 0) is 6.18 Å². The molecule has 224 valence electrons. The summed E-state index contributed by atoms with van der Waals surface area (Å²) >= 11 is 0. The minimum atomic E-state index is -4.57. The second kappa shape index (κ2) is 13.9. The number of fused-ring (bicyclic) bond motifs is 1. The maximum absolute atomic E-state index is 13.8. The lowest BCUT2D eigenvalue weighted by atomic mass is 9.87. The molecule has 0 saturated carbocycles. The van der Waals surface area contributed by atoms with Crippen LogP contribution in [0.2, 0.25) is 0 Å². The van der Waals surface area contributed by atoms with Gasteiger partial charge in [0.2, 0.25) is 0 Å². The van der Waals surface area contributed by atoms with E-state index in [0.29, 0.717) is 24.6 Å². The molecule has 1 aliphatic rings. The highest BCUT2D eigenvalue weighted by Crippen LogP contribution is 2.40. The first-order valence-electron chi connectivity index (χ1n) is 14.9. The van der Waals surface area contributed by atoms with Crippen molar-refractivity contribution in [3.63, 3.8) is 0 Å². The molecular formula is C36H37F3N2O2. The molecule has 4 aromatic rings. The van der Waals surface area contributed by atoms with Crippen molar-refractivity contribution in [1.82, 2.24) is 10.2 Å². The van der Waals surface area contributed by atoms with Gasteiger partial charge in [0.25, 0.3) is 5.91 Å². The zero-order valence-electron chi connectivity index (χ0n) is 24.2. The lowest BCUT2D eigenvalue weighted by Crippen LogP contribution is -2.34. The van der Waals surface area contributed by atoms with Gasteiger partial charge >= 0.3 is 6.18 Å². The predicted octanol–water partition coefficient (Wildman–Crippen LogP) is 8.48. The molecule has 0 aromatic heterocycles. The number of carbonyl (C=O) groups excluding carboxylic acids is 1. The number of likely N-dealkylation sites (tertiary alicyclic amines) is 1. The van der Waals surface area contributed by atoms with Crippen molar-refractivity contribution in [2.75, 3.05) is 32.8 Å². The molecular weight excluding hydrogens is 549 g/mol. The van der Waals surface area contributed by atoms with Gasteiger partial charge in [0.15, 0.2) is 0 Å². The highest BCUT2D eigenvalue weighted by Gasteiger charge is 2.34. The molecule has 1 fully saturated rings. The summed E-state index contributed by atoms with van der Waals surface area (Å²) in [7, 11) is 0. The molecule has 7 heteroatoms. The van der Waals surface area contributed by atoms with Gasteiger partial charge in [-0.25, -0.2) is 0 Å². The van der Waals surface area contributed by atoms with Crippen molar-refractivity contribution in [2.24, 2.45) is 0 Å². The predicted molar refractivity (Wildman–Crippen MR) is 167 cm³/mol. The highest BCUT2D eigenvalue weighted by molar-refractivity contribution is 5.95. The number of alkyl halides is 3. The summed E-state index contributed by atoms with van der Waals surface area (Å²) in [5, 5.41) is 5.09. The fraction of sp³-hybridized carbons (Fsp3) is 0.306.